The summed E-state index contributed by atoms with van der Waals surface area (Å²) in [6, 6.07) is 5.90. The van der Waals surface area contributed by atoms with Crippen molar-refractivity contribution >= 4 is 5.97 Å². The van der Waals surface area contributed by atoms with Crippen LogP contribution in [-0.4, -0.2) is 22.7 Å². The lowest BCUT2D eigenvalue weighted by Crippen LogP contribution is -2.06. The lowest BCUT2D eigenvalue weighted by molar-refractivity contribution is 0.0508. The molecule has 1 heterocycles. The highest BCUT2D eigenvalue weighted by atomic mass is 16.5. The molecular weight excluding hydrogens is 232 g/mol. The lowest BCUT2D eigenvalue weighted by Gasteiger charge is -1.99. The number of aromatic nitrogens is 2. The molecule has 0 spiro atoms. The number of hydrogen-bond acceptors (Lipinski definition) is 5. The van der Waals surface area contributed by atoms with Crippen LogP contribution in [0.4, 0.5) is 0 Å². The molecule has 0 aliphatic heterocycles. The van der Waals surface area contributed by atoms with Crippen molar-refractivity contribution in [2.75, 3.05) is 6.61 Å². The van der Waals surface area contributed by atoms with Crippen molar-refractivity contribution in [2.45, 2.75) is 20.8 Å². The molecular formula is C13H14N2O3. The molecule has 0 bridgehead atoms. The van der Waals surface area contributed by atoms with Crippen LogP contribution in [0.3, 0.4) is 0 Å². The van der Waals surface area contributed by atoms with E-state index in [-0.39, 0.29) is 12.4 Å². The Balaban J connectivity index is 2.32. The Bertz CT molecular complexity index is 555. The van der Waals surface area contributed by atoms with Crippen molar-refractivity contribution in [2.24, 2.45) is 0 Å². The summed E-state index contributed by atoms with van der Waals surface area (Å²) in [6.45, 7) is 5.98. The fraction of sp³-hybridized carbons (Fsp3) is 0.308. The Hall–Kier alpha value is -2.17. The van der Waals surface area contributed by atoms with Gasteiger partial charge in [0, 0.05) is 5.56 Å². The zero-order chi connectivity index (χ0) is 13.1. The average Bonchev–Trinajstić information content (AvgIpc) is 2.77. The van der Waals surface area contributed by atoms with Crippen molar-refractivity contribution < 1.29 is 14.1 Å². The Kier molecular flexibility index (Phi) is 3.41. The monoisotopic (exact) mass is 246 g/mol. The first-order chi connectivity index (χ1) is 8.60. The predicted molar refractivity (Wildman–Crippen MR) is 65.2 cm³/mol. The highest BCUT2D eigenvalue weighted by Gasteiger charge is 2.16. The first-order valence-electron chi connectivity index (χ1n) is 5.69. The van der Waals surface area contributed by atoms with Crippen molar-refractivity contribution in [3.63, 3.8) is 0 Å². The van der Waals surface area contributed by atoms with E-state index in [2.05, 4.69) is 10.1 Å². The van der Waals surface area contributed by atoms with Gasteiger partial charge in [0.1, 0.15) is 0 Å². The molecule has 0 N–H and O–H groups in total. The zero-order valence-corrected chi connectivity index (χ0v) is 10.6. The highest BCUT2D eigenvalue weighted by molar-refractivity contribution is 5.85. The second kappa shape index (κ2) is 5.00. The summed E-state index contributed by atoms with van der Waals surface area (Å²) < 4.78 is 9.87. The molecule has 0 saturated carbocycles. The number of carbonyl (C=O) groups excluding carboxylic acids is 1. The van der Waals surface area contributed by atoms with Gasteiger partial charge in [0.15, 0.2) is 0 Å². The Labute approximate surface area is 105 Å². The minimum atomic E-state index is -0.572. The topological polar surface area (TPSA) is 65.2 Å². The summed E-state index contributed by atoms with van der Waals surface area (Å²) >= 11 is 0. The molecule has 5 nitrogen and oxygen atoms in total. The van der Waals surface area contributed by atoms with Gasteiger partial charge in [-0.15, -0.1) is 0 Å². The fourth-order valence-electron chi connectivity index (χ4n) is 1.72. The van der Waals surface area contributed by atoms with Gasteiger partial charge in [-0.25, -0.2) is 4.79 Å². The van der Waals surface area contributed by atoms with Crippen LogP contribution in [0.15, 0.2) is 22.7 Å². The van der Waals surface area contributed by atoms with Gasteiger partial charge in [0.25, 0.3) is 11.7 Å². The molecule has 18 heavy (non-hydrogen) atoms. The molecule has 0 saturated heterocycles. The summed E-state index contributed by atoms with van der Waals surface area (Å²) in [7, 11) is 0. The standard InChI is InChI=1S/C13H14N2O3/c1-4-17-13(16)11-14-12(18-15-11)10-6-8(2)5-9(3)7-10/h5-7H,4H2,1-3H3. The Morgan fingerprint density at radius 2 is 1.94 bits per heavy atom. The number of hydrogen-bond donors (Lipinski definition) is 0. The average molecular weight is 246 g/mol. The quantitative estimate of drug-likeness (QED) is 0.778. The van der Waals surface area contributed by atoms with Crippen molar-refractivity contribution in [3.05, 3.63) is 35.2 Å². The van der Waals surface area contributed by atoms with Crippen molar-refractivity contribution in [1.82, 2.24) is 10.1 Å². The van der Waals surface area contributed by atoms with Crippen LogP contribution in [0.25, 0.3) is 11.5 Å². The number of carbonyl (C=O) groups is 1. The molecule has 2 aromatic rings. The number of rotatable bonds is 3. The van der Waals surface area contributed by atoms with Crippen LogP contribution in [-0.2, 0) is 4.74 Å². The molecule has 94 valence electrons. The van der Waals surface area contributed by atoms with E-state index in [4.69, 9.17) is 9.26 Å². The maximum absolute atomic E-state index is 11.4. The summed E-state index contributed by atoms with van der Waals surface area (Å²) in [6.07, 6.45) is 0. The van der Waals surface area contributed by atoms with E-state index in [1.54, 1.807) is 6.92 Å². The number of ether oxygens (including phenoxy) is 1. The second-order valence-electron chi connectivity index (χ2n) is 4.02. The molecule has 5 heteroatoms. The fourth-order valence-corrected chi connectivity index (χ4v) is 1.72. The molecule has 0 aliphatic rings. The summed E-state index contributed by atoms with van der Waals surface area (Å²) in [5.74, 6) is -0.298. The van der Waals surface area contributed by atoms with E-state index in [1.807, 2.05) is 32.0 Å². The number of esters is 1. The second-order valence-corrected chi connectivity index (χ2v) is 4.02. The van der Waals surface area contributed by atoms with E-state index in [1.165, 1.54) is 0 Å². The van der Waals surface area contributed by atoms with Gasteiger partial charge in [-0.2, -0.15) is 4.98 Å². The first-order valence-corrected chi connectivity index (χ1v) is 5.69. The maximum atomic E-state index is 11.4. The Morgan fingerprint density at radius 3 is 2.56 bits per heavy atom. The molecule has 0 unspecified atom stereocenters. The molecule has 2 rings (SSSR count). The van der Waals surface area contributed by atoms with E-state index >= 15 is 0 Å². The van der Waals surface area contributed by atoms with Crippen LogP contribution in [0, 0.1) is 13.8 Å². The molecule has 0 atom stereocenters. The third-order valence-electron chi connectivity index (χ3n) is 2.35. The normalized spacial score (nSPS) is 10.4. The number of nitrogens with zero attached hydrogens (tertiary/aromatic N) is 2. The van der Waals surface area contributed by atoms with Gasteiger partial charge in [-0.1, -0.05) is 17.2 Å². The minimum Gasteiger partial charge on any atom is -0.460 e. The summed E-state index contributed by atoms with van der Waals surface area (Å²) in [5.41, 5.74) is 3.00. The zero-order valence-electron chi connectivity index (χ0n) is 10.6. The van der Waals surface area contributed by atoms with Crippen molar-refractivity contribution in [3.8, 4) is 11.5 Å². The lowest BCUT2D eigenvalue weighted by atomic mass is 10.1. The van der Waals surface area contributed by atoms with Gasteiger partial charge in [0.05, 0.1) is 6.61 Å². The van der Waals surface area contributed by atoms with Gasteiger partial charge >= 0.3 is 5.97 Å². The highest BCUT2D eigenvalue weighted by Crippen LogP contribution is 2.20. The number of aryl methyl sites for hydroxylation is 2. The third-order valence-corrected chi connectivity index (χ3v) is 2.35. The maximum Gasteiger partial charge on any atom is 0.379 e. The summed E-state index contributed by atoms with van der Waals surface area (Å²) in [5, 5.41) is 3.61. The minimum absolute atomic E-state index is 0.0500. The van der Waals surface area contributed by atoms with E-state index in [0.717, 1.165) is 16.7 Å². The molecule has 1 aromatic heterocycles. The predicted octanol–water partition coefficient (Wildman–Crippen LogP) is 2.53. The first kappa shape index (κ1) is 12.3. The van der Waals surface area contributed by atoms with E-state index in [9.17, 15) is 4.79 Å². The van der Waals surface area contributed by atoms with E-state index in [0.29, 0.717) is 5.89 Å². The molecule has 1 aromatic carbocycles. The van der Waals surface area contributed by atoms with Crippen LogP contribution < -0.4 is 0 Å². The molecule has 0 aliphatic carbocycles. The number of benzene rings is 1. The van der Waals surface area contributed by atoms with Gasteiger partial charge in [0.2, 0.25) is 0 Å². The largest absolute Gasteiger partial charge is 0.460 e. The van der Waals surface area contributed by atoms with E-state index < -0.39 is 5.97 Å². The SMILES string of the molecule is CCOC(=O)c1noc(-c2cc(C)cc(C)c2)n1. The smallest absolute Gasteiger partial charge is 0.379 e. The summed E-state index contributed by atoms with van der Waals surface area (Å²) in [4.78, 5) is 15.4. The molecule has 0 radical (unpaired) electrons. The van der Waals surface area contributed by atoms with Crippen LogP contribution in [0.1, 0.15) is 28.7 Å². The Morgan fingerprint density at radius 1 is 1.28 bits per heavy atom. The van der Waals surface area contributed by atoms with Crippen LogP contribution in [0.5, 0.6) is 0 Å². The van der Waals surface area contributed by atoms with Gasteiger partial charge < -0.3 is 9.26 Å². The third kappa shape index (κ3) is 2.56. The molecule has 0 fully saturated rings. The van der Waals surface area contributed by atoms with Crippen LogP contribution >= 0.6 is 0 Å². The van der Waals surface area contributed by atoms with Crippen molar-refractivity contribution in [1.29, 1.82) is 0 Å². The van der Waals surface area contributed by atoms with Crippen LogP contribution in [0.2, 0.25) is 0 Å². The molecule has 0 amide bonds. The van der Waals surface area contributed by atoms with Gasteiger partial charge in [-0.3, -0.25) is 0 Å². The van der Waals surface area contributed by atoms with Gasteiger partial charge in [-0.05, 0) is 38.1 Å².